The molecule has 1 saturated heterocycles. The number of piperazine rings is 1. The van der Waals surface area contributed by atoms with Gasteiger partial charge in [0.2, 0.25) is 5.91 Å². The molecule has 0 spiro atoms. The molecule has 1 amide bonds. The third-order valence-electron chi connectivity index (χ3n) is 5.68. The van der Waals surface area contributed by atoms with Gasteiger partial charge in [-0.2, -0.15) is 0 Å². The molecule has 30 heavy (non-hydrogen) atoms. The predicted molar refractivity (Wildman–Crippen MR) is 115 cm³/mol. The van der Waals surface area contributed by atoms with Gasteiger partial charge in [0.1, 0.15) is 18.4 Å². The van der Waals surface area contributed by atoms with Crippen LogP contribution in [0.2, 0.25) is 0 Å². The third-order valence-corrected chi connectivity index (χ3v) is 5.68. The molecule has 3 aromatic heterocycles. The van der Waals surface area contributed by atoms with Crippen LogP contribution in [0.4, 0.5) is 11.5 Å². The number of benzene rings is 1. The van der Waals surface area contributed by atoms with Gasteiger partial charge in [-0.25, -0.2) is 15.0 Å². The summed E-state index contributed by atoms with van der Waals surface area (Å²) in [4.78, 5) is 33.9. The van der Waals surface area contributed by atoms with Crippen LogP contribution in [-0.4, -0.2) is 61.0 Å². The summed E-state index contributed by atoms with van der Waals surface area (Å²) in [5, 5.41) is 2.30. The number of anilines is 2. The van der Waals surface area contributed by atoms with E-state index in [-0.39, 0.29) is 18.5 Å². The molecule has 9 heteroatoms. The van der Waals surface area contributed by atoms with Crippen molar-refractivity contribution < 1.29 is 4.79 Å². The number of fused-ring (bicyclic) bond motifs is 2. The molecule has 1 atom stereocenters. The number of carbonyl (C=O) groups is 1. The molecule has 2 N–H and O–H groups in total. The SMILES string of the molecule is CC1CN(c2cccc3cnccc23)CCN1C(=O)Cn1cnc2c(N)ncnc21. The molecule has 0 aliphatic carbocycles. The number of imidazole rings is 1. The Morgan fingerprint density at radius 2 is 2.10 bits per heavy atom. The first kappa shape index (κ1) is 18.3. The Balaban J connectivity index is 1.33. The lowest BCUT2D eigenvalue weighted by molar-refractivity contribution is -0.134. The highest BCUT2D eigenvalue weighted by molar-refractivity contribution is 5.94. The summed E-state index contributed by atoms with van der Waals surface area (Å²) in [5.41, 5.74) is 8.12. The molecule has 152 valence electrons. The zero-order valence-corrected chi connectivity index (χ0v) is 16.6. The van der Waals surface area contributed by atoms with Crippen LogP contribution >= 0.6 is 0 Å². The number of hydrogen-bond donors (Lipinski definition) is 1. The van der Waals surface area contributed by atoms with Gasteiger partial charge in [-0.1, -0.05) is 12.1 Å². The lowest BCUT2D eigenvalue weighted by Gasteiger charge is -2.41. The van der Waals surface area contributed by atoms with Crippen LogP contribution in [0.25, 0.3) is 21.9 Å². The molecule has 4 heterocycles. The molecule has 1 aliphatic heterocycles. The van der Waals surface area contributed by atoms with Gasteiger partial charge in [0.25, 0.3) is 0 Å². The number of nitrogens with zero attached hydrogens (tertiary/aromatic N) is 7. The highest BCUT2D eigenvalue weighted by Gasteiger charge is 2.28. The van der Waals surface area contributed by atoms with E-state index in [1.54, 1.807) is 10.9 Å². The Hall–Kier alpha value is -3.75. The van der Waals surface area contributed by atoms with Crippen LogP contribution in [-0.2, 0) is 11.3 Å². The monoisotopic (exact) mass is 402 g/mol. The number of pyridine rings is 1. The van der Waals surface area contributed by atoms with E-state index >= 15 is 0 Å². The molecule has 0 bridgehead atoms. The van der Waals surface area contributed by atoms with Crippen molar-refractivity contribution in [1.82, 2.24) is 29.4 Å². The second-order valence-electron chi connectivity index (χ2n) is 7.56. The molecule has 1 fully saturated rings. The maximum absolute atomic E-state index is 13.0. The van der Waals surface area contributed by atoms with Crippen LogP contribution in [0, 0.1) is 0 Å². The standard InChI is InChI=1S/C21H22N8O/c1-14-10-27(17-4-2-3-15-9-23-6-5-16(15)17)7-8-29(14)18(30)11-28-13-26-19-20(22)24-12-25-21(19)28/h2-6,9,12-14H,7-8,10-11H2,1H3,(H2,22,24,25). The van der Waals surface area contributed by atoms with Crippen molar-refractivity contribution in [2.75, 3.05) is 30.3 Å². The summed E-state index contributed by atoms with van der Waals surface area (Å²) >= 11 is 0. The van der Waals surface area contributed by atoms with Crippen LogP contribution in [0.15, 0.2) is 49.3 Å². The number of rotatable bonds is 3. The normalized spacial score (nSPS) is 17.0. The fourth-order valence-electron chi connectivity index (χ4n) is 4.18. The first-order chi connectivity index (χ1) is 14.6. The number of nitrogens with two attached hydrogens (primary N) is 1. The molecule has 1 aliphatic rings. The predicted octanol–water partition coefficient (Wildman–Crippen LogP) is 1.69. The van der Waals surface area contributed by atoms with Crippen molar-refractivity contribution in [3.63, 3.8) is 0 Å². The maximum Gasteiger partial charge on any atom is 0.242 e. The van der Waals surface area contributed by atoms with Crippen molar-refractivity contribution in [3.8, 4) is 0 Å². The Kier molecular flexibility index (Phi) is 4.42. The molecule has 1 unspecified atom stereocenters. The number of amides is 1. The number of hydrogen-bond acceptors (Lipinski definition) is 7. The molecule has 9 nitrogen and oxygen atoms in total. The van der Waals surface area contributed by atoms with Gasteiger partial charge in [0.05, 0.1) is 6.33 Å². The summed E-state index contributed by atoms with van der Waals surface area (Å²) in [7, 11) is 0. The maximum atomic E-state index is 13.0. The fourth-order valence-corrected chi connectivity index (χ4v) is 4.18. The van der Waals surface area contributed by atoms with E-state index in [1.165, 1.54) is 17.4 Å². The van der Waals surface area contributed by atoms with E-state index < -0.39 is 0 Å². The van der Waals surface area contributed by atoms with Crippen LogP contribution in [0.3, 0.4) is 0 Å². The Bertz CT molecular complexity index is 1230. The summed E-state index contributed by atoms with van der Waals surface area (Å²) in [6, 6.07) is 8.39. The zero-order chi connectivity index (χ0) is 20.7. The van der Waals surface area contributed by atoms with Gasteiger partial charge >= 0.3 is 0 Å². The topological polar surface area (TPSA) is 106 Å². The van der Waals surface area contributed by atoms with E-state index in [4.69, 9.17) is 5.73 Å². The first-order valence-electron chi connectivity index (χ1n) is 9.90. The third kappa shape index (κ3) is 3.08. The first-order valence-corrected chi connectivity index (χ1v) is 9.90. The van der Waals surface area contributed by atoms with E-state index in [2.05, 4.69) is 50.0 Å². The summed E-state index contributed by atoms with van der Waals surface area (Å²) in [6.07, 6.45) is 6.69. The highest BCUT2D eigenvalue weighted by Crippen LogP contribution is 2.28. The van der Waals surface area contributed by atoms with Gasteiger partial charge in [-0.3, -0.25) is 9.78 Å². The van der Waals surface area contributed by atoms with Crippen molar-refractivity contribution >= 4 is 39.3 Å². The molecule has 0 saturated carbocycles. The smallest absolute Gasteiger partial charge is 0.242 e. The van der Waals surface area contributed by atoms with E-state index in [1.807, 2.05) is 23.4 Å². The molecule has 0 radical (unpaired) electrons. The highest BCUT2D eigenvalue weighted by atomic mass is 16.2. The molecule has 5 rings (SSSR count). The van der Waals surface area contributed by atoms with Gasteiger partial charge in [0.15, 0.2) is 11.5 Å². The zero-order valence-electron chi connectivity index (χ0n) is 16.6. The number of aromatic nitrogens is 5. The Morgan fingerprint density at radius 1 is 1.20 bits per heavy atom. The molecule has 4 aromatic rings. The Morgan fingerprint density at radius 3 is 2.97 bits per heavy atom. The summed E-state index contributed by atoms with van der Waals surface area (Å²) in [6.45, 7) is 4.47. The van der Waals surface area contributed by atoms with Gasteiger partial charge in [-0.05, 0) is 19.1 Å². The van der Waals surface area contributed by atoms with Crippen molar-refractivity contribution in [2.45, 2.75) is 19.5 Å². The second-order valence-corrected chi connectivity index (χ2v) is 7.56. The number of carbonyl (C=O) groups excluding carboxylic acids is 1. The van der Waals surface area contributed by atoms with Crippen molar-refractivity contribution in [3.05, 3.63) is 49.3 Å². The van der Waals surface area contributed by atoms with E-state index in [0.29, 0.717) is 23.5 Å². The summed E-state index contributed by atoms with van der Waals surface area (Å²) < 4.78 is 1.73. The van der Waals surface area contributed by atoms with Gasteiger partial charge in [-0.15, -0.1) is 0 Å². The van der Waals surface area contributed by atoms with Crippen molar-refractivity contribution in [2.24, 2.45) is 0 Å². The largest absolute Gasteiger partial charge is 0.382 e. The quantitative estimate of drug-likeness (QED) is 0.556. The lowest BCUT2D eigenvalue weighted by Crippen LogP contribution is -2.54. The fraction of sp³-hybridized carbons (Fsp3) is 0.286. The minimum absolute atomic E-state index is 0.0424. The van der Waals surface area contributed by atoms with E-state index in [0.717, 1.165) is 18.5 Å². The molecular formula is C21H22N8O. The minimum atomic E-state index is 0.0424. The number of nitrogen functional groups attached to an aromatic ring is 1. The molecular weight excluding hydrogens is 380 g/mol. The van der Waals surface area contributed by atoms with Crippen LogP contribution in [0.5, 0.6) is 0 Å². The van der Waals surface area contributed by atoms with Gasteiger partial charge < -0.3 is 20.1 Å². The minimum Gasteiger partial charge on any atom is -0.382 e. The Labute approximate surface area is 173 Å². The lowest BCUT2D eigenvalue weighted by atomic mass is 10.1. The van der Waals surface area contributed by atoms with Crippen LogP contribution in [0.1, 0.15) is 6.92 Å². The van der Waals surface area contributed by atoms with Gasteiger partial charge in [0, 0.05) is 54.5 Å². The molecule has 1 aromatic carbocycles. The van der Waals surface area contributed by atoms with E-state index in [9.17, 15) is 4.79 Å². The van der Waals surface area contributed by atoms with Crippen LogP contribution < -0.4 is 10.6 Å². The second kappa shape index (κ2) is 7.25. The van der Waals surface area contributed by atoms with Crippen molar-refractivity contribution in [1.29, 1.82) is 0 Å². The average molecular weight is 402 g/mol. The average Bonchev–Trinajstić information content (AvgIpc) is 3.17. The summed E-state index contributed by atoms with van der Waals surface area (Å²) in [5.74, 6) is 0.360.